The lowest BCUT2D eigenvalue weighted by Crippen LogP contribution is -2.01. The molecule has 0 aliphatic heterocycles. The first-order valence-corrected chi connectivity index (χ1v) is 3.89. The predicted octanol–water partition coefficient (Wildman–Crippen LogP) is 2.20. The molecule has 1 fully saturated rings. The summed E-state index contributed by atoms with van der Waals surface area (Å²) in [5.74, 6) is -1.35. The summed E-state index contributed by atoms with van der Waals surface area (Å²) in [6.07, 6.45) is 0.880. The molecule has 0 unspecified atom stereocenters. The number of nitrogens with two attached hydrogens (primary N) is 1. The molecule has 13 heavy (non-hydrogen) atoms. The number of hydrogen-bond acceptors (Lipinski definition) is 1. The van der Waals surface area contributed by atoms with Crippen molar-refractivity contribution < 1.29 is 8.78 Å². The fourth-order valence-electron chi connectivity index (χ4n) is 1.34. The molecule has 1 aliphatic carbocycles. The minimum absolute atomic E-state index is 0. The van der Waals surface area contributed by atoms with Crippen LogP contribution in [0.25, 0.3) is 0 Å². The molecule has 2 N–H and O–H groups in total. The van der Waals surface area contributed by atoms with Gasteiger partial charge in [-0.2, -0.15) is 0 Å². The summed E-state index contributed by atoms with van der Waals surface area (Å²) in [7, 11) is 0. The van der Waals surface area contributed by atoms with E-state index in [1.54, 1.807) is 6.07 Å². The molecule has 0 amide bonds. The van der Waals surface area contributed by atoms with Gasteiger partial charge in [0.15, 0.2) is 11.6 Å². The van der Waals surface area contributed by atoms with Gasteiger partial charge >= 0.3 is 0 Å². The first-order chi connectivity index (χ1) is 5.68. The lowest BCUT2D eigenvalue weighted by atomic mass is 10.1. The van der Waals surface area contributed by atoms with Crippen molar-refractivity contribution in [1.82, 2.24) is 0 Å². The zero-order valence-electron chi connectivity index (χ0n) is 6.84. The Hall–Kier alpha value is -0.670. The van der Waals surface area contributed by atoms with Gasteiger partial charge in [-0.3, -0.25) is 0 Å². The van der Waals surface area contributed by atoms with Gasteiger partial charge in [0.25, 0.3) is 0 Å². The number of rotatable bonds is 1. The molecule has 72 valence electrons. The van der Waals surface area contributed by atoms with Crippen LogP contribution in [0, 0.1) is 11.6 Å². The summed E-state index contributed by atoms with van der Waals surface area (Å²) in [5.41, 5.74) is 6.38. The zero-order chi connectivity index (χ0) is 8.72. The van der Waals surface area contributed by atoms with E-state index in [0.717, 1.165) is 18.1 Å². The van der Waals surface area contributed by atoms with E-state index in [-0.39, 0.29) is 24.4 Å². The smallest absolute Gasteiger partial charge is 0.159 e. The highest BCUT2D eigenvalue weighted by atomic mass is 35.5. The Kier molecular flexibility index (Phi) is 2.88. The predicted molar refractivity (Wildman–Crippen MR) is 48.9 cm³/mol. The Bertz CT molecular complexity index is 316. The van der Waals surface area contributed by atoms with Gasteiger partial charge in [0.05, 0.1) is 0 Å². The second-order valence-electron chi connectivity index (χ2n) is 3.18. The van der Waals surface area contributed by atoms with Crippen LogP contribution < -0.4 is 5.73 Å². The van der Waals surface area contributed by atoms with E-state index in [9.17, 15) is 8.78 Å². The van der Waals surface area contributed by atoms with Crippen LogP contribution in [-0.4, -0.2) is 6.04 Å². The molecule has 1 aromatic rings. The van der Waals surface area contributed by atoms with Crippen molar-refractivity contribution in [3.8, 4) is 0 Å². The second kappa shape index (κ2) is 3.60. The Morgan fingerprint density at radius 3 is 2.31 bits per heavy atom. The quantitative estimate of drug-likeness (QED) is 0.748. The van der Waals surface area contributed by atoms with Gasteiger partial charge in [-0.1, -0.05) is 6.07 Å². The molecular formula is C9H10ClF2N. The van der Waals surface area contributed by atoms with Gasteiger partial charge < -0.3 is 5.73 Å². The van der Waals surface area contributed by atoms with E-state index in [1.165, 1.54) is 6.07 Å². The molecular weight excluding hydrogens is 196 g/mol. The molecule has 2 atom stereocenters. The monoisotopic (exact) mass is 205 g/mol. The first-order valence-electron chi connectivity index (χ1n) is 3.89. The largest absolute Gasteiger partial charge is 0.327 e. The molecule has 0 spiro atoms. The fourth-order valence-corrected chi connectivity index (χ4v) is 1.34. The van der Waals surface area contributed by atoms with Gasteiger partial charge in [-0.25, -0.2) is 8.78 Å². The summed E-state index contributed by atoms with van der Waals surface area (Å²) in [5, 5.41) is 0. The third-order valence-corrected chi connectivity index (χ3v) is 2.21. The molecule has 4 heteroatoms. The van der Waals surface area contributed by atoms with Gasteiger partial charge in [-0.15, -0.1) is 12.4 Å². The maximum absolute atomic E-state index is 12.7. The molecule has 0 radical (unpaired) electrons. The van der Waals surface area contributed by atoms with Crippen molar-refractivity contribution in [2.24, 2.45) is 5.73 Å². The highest BCUT2D eigenvalue weighted by Crippen LogP contribution is 2.39. The first kappa shape index (κ1) is 10.4. The number of halogens is 3. The Morgan fingerprint density at radius 2 is 1.85 bits per heavy atom. The average Bonchev–Trinajstić information content (AvgIpc) is 2.73. The molecule has 0 bridgehead atoms. The third-order valence-electron chi connectivity index (χ3n) is 2.21. The van der Waals surface area contributed by atoms with E-state index < -0.39 is 11.6 Å². The van der Waals surface area contributed by atoms with Gasteiger partial charge in [0.2, 0.25) is 0 Å². The maximum atomic E-state index is 12.7. The van der Waals surface area contributed by atoms with Crippen LogP contribution in [-0.2, 0) is 0 Å². The van der Waals surface area contributed by atoms with Crippen LogP contribution in [0.15, 0.2) is 18.2 Å². The number of hydrogen-bond donors (Lipinski definition) is 1. The topological polar surface area (TPSA) is 26.0 Å². The fraction of sp³-hybridized carbons (Fsp3) is 0.333. The lowest BCUT2D eigenvalue weighted by molar-refractivity contribution is 0.507. The Labute approximate surface area is 81.3 Å². The Morgan fingerprint density at radius 1 is 1.23 bits per heavy atom. The van der Waals surface area contributed by atoms with Gasteiger partial charge in [-0.05, 0) is 24.1 Å². The minimum atomic E-state index is -0.798. The summed E-state index contributed by atoms with van der Waals surface area (Å²) >= 11 is 0. The van der Waals surface area contributed by atoms with Crippen LogP contribution in [0.2, 0.25) is 0 Å². The van der Waals surface area contributed by atoms with E-state index in [2.05, 4.69) is 0 Å². The molecule has 0 aromatic heterocycles. The van der Waals surface area contributed by atoms with Crippen molar-refractivity contribution in [1.29, 1.82) is 0 Å². The van der Waals surface area contributed by atoms with Crippen LogP contribution in [0.3, 0.4) is 0 Å². The maximum Gasteiger partial charge on any atom is 0.159 e. The third kappa shape index (κ3) is 1.98. The molecule has 1 aliphatic rings. The van der Waals surface area contributed by atoms with Crippen molar-refractivity contribution in [2.45, 2.75) is 18.4 Å². The summed E-state index contributed by atoms with van der Waals surface area (Å²) in [6.45, 7) is 0. The second-order valence-corrected chi connectivity index (χ2v) is 3.18. The van der Waals surface area contributed by atoms with Crippen molar-refractivity contribution in [3.05, 3.63) is 35.4 Å². The van der Waals surface area contributed by atoms with Crippen molar-refractivity contribution in [2.75, 3.05) is 0 Å². The molecule has 1 nitrogen and oxygen atoms in total. The average molecular weight is 206 g/mol. The van der Waals surface area contributed by atoms with E-state index in [4.69, 9.17) is 5.73 Å². The van der Waals surface area contributed by atoms with Gasteiger partial charge in [0.1, 0.15) is 0 Å². The normalized spacial score (nSPS) is 25.2. The van der Waals surface area contributed by atoms with Crippen molar-refractivity contribution in [3.63, 3.8) is 0 Å². The molecule has 1 aromatic carbocycles. The molecule has 2 rings (SSSR count). The molecule has 1 saturated carbocycles. The molecule has 0 heterocycles. The van der Waals surface area contributed by atoms with Gasteiger partial charge in [0, 0.05) is 12.0 Å². The lowest BCUT2D eigenvalue weighted by Gasteiger charge is -1.98. The van der Waals surface area contributed by atoms with Crippen molar-refractivity contribution >= 4 is 12.4 Å². The summed E-state index contributed by atoms with van der Waals surface area (Å²) in [4.78, 5) is 0. The Balaban J connectivity index is 0.000000845. The van der Waals surface area contributed by atoms with Crippen LogP contribution in [0.4, 0.5) is 8.78 Å². The highest BCUT2D eigenvalue weighted by Gasteiger charge is 2.35. The zero-order valence-corrected chi connectivity index (χ0v) is 7.65. The SMILES string of the molecule is Cl.N[C@H]1C[C@H]1c1ccc(F)c(F)c1. The van der Waals surface area contributed by atoms with E-state index in [1.807, 2.05) is 0 Å². The van der Waals surface area contributed by atoms with Crippen LogP contribution >= 0.6 is 12.4 Å². The highest BCUT2D eigenvalue weighted by molar-refractivity contribution is 5.85. The standard InChI is InChI=1S/C9H9F2N.ClH/c10-7-2-1-5(3-8(7)11)6-4-9(6)12;/h1-3,6,9H,4,12H2;1H/t6-,9-;/m0./s1. The minimum Gasteiger partial charge on any atom is -0.327 e. The summed E-state index contributed by atoms with van der Waals surface area (Å²) in [6, 6.07) is 4.10. The van der Waals surface area contributed by atoms with Crippen LogP contribution in [0.1, 0.15) is 17.9 Å². The number of benzene rings is 1. The van der Waals surface area contributed by atoms with E-state index >= 15 is 0 Å². The summed E-state index contributed by atoms with van der Waals surface area (Å²) < 4.78 is 25.2. The van der Waals surface area contributed by atoms with E-state index in [0.29, 0.717) is 0 Å². The molecule has 0 saturated heterocycles. The van der Waals surface area contributed by atoms with Crippen LogP contribution in [0.5, 0.6) is 0 Å².